The summed E-state index contributed by atoms with van der Waals surface area (Å²) in [6.07, 6.45) is 0.105. The van der Waals surface area contributed by atoms with E-state index in [-0.39, 0.29) is 18.9 Å². The molecule has 5 nitrogen and oxygen atoms in total. The van der Waals surface area contributed by atoms with Crippen LogP contribution in [0.5, 0.6) is 5.75 Å². The van der Waals surface area contributed by atoms with Crippen LogP contribution in [0.4, 0.5) is 5.69 Å². The van der Waals surface area contributed by atoms with Crippen LogP contribution in [0.2, 0.25) is 0 Å². The van der Waals surface area contributed by atoms with Gasteiger partial charge in [-0.1, -0.05) is 34.1 Å². The van der Waals surface area contributed by atoms with Gasteiger partial charge in [0.05, 0.1) is 13.5 Å². The zero-order valence-corrected chi connectivity index (χ0v) is 15.1. The lowest BCUT2D eigenvalue weighted by Crippen LogP contribution is -2.21. The Morgan fingerprint density at radius 3 is 2.46 bits per heavy atom. The lowest BCUT2D eigenvalue weighted by molar-refractivity contribution is -0.146. The number of hydrogen-bond donors (Lipinski definition) is 1. The normalized spacial score (nSPS) is 10.1. The van der Waals surface area contributed by atoms with Gasteiger partial charge in [0.2, 0.25) is 0 Å². The average Bonchev–Trinajstić information content (AvgIpc) is 2.57. The molecular weight excluding hydrogens is 374 g/mol. The van der Waals surface area contributed by atoms with E-state index < -0.39 is 5.97 Å². The first-order chi connectivity index (χ1) is 11.5. The third kappa shape index (κ3) is 5.38. The highest BCUT2D eigenvalue weighted by Crippen LogP contribution is 2.20. The number of amides is 1. The van der Waals surface area contributed by atoms with E-state index in [1.807, 2.05) is 13.0 Å². The predicted molar refractivity (Wildman–Crippen MR) is 95.2 cm³/mol. The van der Waals surface area contributed by atoms with Crippen LogP contribution in [-0.4, -0.2) is 25.6 Å². The third-order valence-corrected chi connectivity index (χ3v) is 4.18. The van der Waals surface area contributed by atoms with Crippen molar-refractivity contribution in [1.82, 2.24) is 0 Å². The third-order valence-electron chi connectivity index (χ3n) is 3.33. The zero-order valence-electron chi connectivity index (χ0n) is 13.5. The van der Waals surface area contributed by atoms with Crippen LogP contribution in [0.15, 0.2) is 46.9 Å². The fourth-order valence-corrected chi connectivity index (χ4v) is 2.35. The molecule has 0 saturated heterocycles. The fourth-order valence-electron chi connectivity index (χ4n) is 1.97. The number of carbonyl (C=O) groups is 2. The molecule has 0 atom stereocenters. The van der Waals surface area contributed by atoms with Crippen molar-refractivity contribution < 1.29 is 19.1 Å². The molecule has 2 aromatic rings. The van der Waals surface area contributed by atoms with Crippen LogP contribution in [-0.2, 0) is 20.7 Å². The number of carbonyl (C=O) groups excluding carboxylic acids is 2. The highest BCUT2D eigenvalue weighted by atomic mass is 79.9. The smallest absolute Gasteiger partial charge is 0.310 e. The second-order valence-corrected chi connectivity index (χ2v) is 6.05. The van der Waals surface area contributed by atoms with E-state index in [2.05, 4.69) is 21.2 Å². The second-order valence-electron chi connectivity index (χ2n) is 5.20. The molecule has 0 spiro atoms. The predicted octanol–water partition coefficient (Wildman–Crippen LogP) is 3.49. The van der Waals surface area contributed by atoms with Gasteiger partial charge >= 0.3 is 5.97 Å². The van der Waals surface area contributed by atoms with Crippen LogP contribution in [0, 0.1) is 6.92 Å². The molecule has 0 fully saturated rings. The Kier molecular flexibility index (Phi) is 6.37. The SMILES string of the molecule is COc1ccc(CC(=O)OCC(=O)Nc2ccc(C)c(Br)c2)cc1. The lowest BCUT2D eigenvalue weighted by Gasteiger charge is -2.08. The minimum absolute atomic E-state index is 0.105. The maximum atomic E-state index is 11.8. The molecule has 0 unspecified atom stereocenters. The zero-order chi connectivity index (χ0) is 17.5. The van der Waals surface area contributed by atoms with Crippen molar-refractivity contribution in [2.75, 3.05) is 19.0 Å². The van der Waals surface area contributed by atoms with Crippen molar-refractivity contribution in [2.45, 2.75) is 13.3 Å². The van der Waals surface area contributed by atoms with E-state index in [0.717, 1.165) is 21.3 Å². The molecule has 2 aromatic carbocycles. The number of rotatable bonds is 6. The monoisotopic (exact) mass is 391 g/mol. The number of aryl methyl sites for hydroxylation is 1. The Labute approximate surface area is 149 Å². The van der Waals surface area contributed by atoms with Gasteiger partial charge in [-0.25, -0.2) is 0 Å². The first-order valence-electron chi connectivity index (χ1n) is 7.32. The topological polar surface area (TPSA) is 64.6 Å². The first-order valence-corrected chi connectivity index (χ1v) is 8.12. The summed E-state index contributed by atoms with van der Waals surface area (Å²) in [5, 5.41) is 2.68. The van der Waals surface area contributed by atoms with Crippen molar-refractivity contribution in [3.63, 3.8) is 0 Å². The van der Waals surface area contributed by atoms with E-state index in [1.165, 1.54) is 0 Å². The average molecular weight is 392 g/mol. The number of esters is 1. The van der Waals surface area contributed by atoms with Gasteiger partial charge in [-0.2, -0.15) is 0 Å². The molecule has 0 radical (unpaired) electrons. The highest BCUT2D eigenvalue weighted by molar-refractivity contribution is 9.10. The second kappa shape index (κ2) is 8.49. The minimum atomic E-state index is -0.458. The highest BCUT2D eigenvalue weighted by Gasteiger charge is 2.09. The largest absolute Gasteiger partial charge is 0.497 e. The number of halogens is 1. The fraction of sp³-hybridized carbons (Fsp3) is 0.222. The van der Waals surface area contributed by atoms with Crippen molar-refractivity contribution in [2.24, 2.45) is 0 Å². The summed E-state index contributed by atoms with van der Waals surface area (Å²) in [4.78, 5) is 23.6. The van der Waals surface area contributed by atoms with Gasteiger partial charge in [0.15, 0.2) is 6.61 Å². The van der Waals surface area contributed by atoms with Crippen LogP contribution < -0.4 is 10.1 Å². The summed E-state index contributed by atoms with van der Waals surface area (Å²) >= 11 is 3.40. The molecule has 0 saturated carbocycles. The van der Waals surface area contributed by atoms with E-state index in [9.17, 15) is 9.59 Å². The summed E-state index contributed by atoms with van der Waals surface area (Å²) in [6, 6.07) is 12.6. The van der Waals surface area contributed by atoms with Crippen molar-refractivity contribution in [1.29, 1.82) is 0 Å². The van der Waals surface area contributed by atoms with Crippen LogP contribution in [0.3, 0.4) is 0 Å². The van der Waals surface area contributed by atoms with Crippen molar-refractivity contribution in [3.8, 4) is 5.75 Å². The number of nitrogens with one attached hydrogen (secondary N) is 1. The van der Waals surface area contributed by atoms with Gasteiger partial charge in [0.25, 0.3) is 5.91 Å². The van der Waals surface area contributed by atoms with Crippen molar-refractivity contribution >= 4 is 33.5 Å². The maximum absolute atomic E-state index is 11.8. The molecule has 24 heavy (non-hydrogen) atoms. The van der Waals surface area contributed by atoms with Crippen LogP contribution in [0.1, 0.15) is 11.1 Å². The number of benzene rings is 2. The molecule has 0 aliphatic heterocycles. The van der Waals surface area contributed by atoms with Gasteiger partial charge < -0.3 is 14.8 Å². The Morgan fingerprint density at radius 1 is 1.12 bits per heavy atom. The molecule has 0 heterocycles. The van der Waals surface area contributed by atoms with Gasteiger partial charge in [-0.05, 0) is 42.3 Å². The summed E-state index contributed by atoms with van der Waals surface area (Å²) in [5.74, 6) is -0.120. The quantitative estimate of drug-likeness (QED) is 0.765. The number of hydrogen-bond acceptors (Lipinski definition) is 4. The Bertz CT molecular complexity index is 728. The molecule has 1 N–H and O–H groups in total. The molecule has 1 amide bonds. The lowest BCUT2D eigenvalue weighted by atomic mass is 10.1. The summed E-state index contributed by atoms with van der Waals surface area (Å²) in [7, 11) is 1.58. The molecule has 0 aliphatic carbocycles. The van der Waals surface area contributed by atoms with E-state index in [1.54, 1.807) is 43.5 Å². The summed E-state index contributed by atoms with van der Waals surface area (Å²) in [6.45, 7) is 1.64. The van der Waals surface area contributed by atoms with E-state index in [4.69, 9.17) is 9.47 Å². The Balaban J connectivity index is 1.79. The molecule has 126 valence electrons. The van der Waals surface area contributed by atoms with Gasteiger partial charge in [0, 0.05) is 10.2 Å². The number of ether oxygens (including phenoxy) is 2. The summed E-state index contributed by atoms with van der Waals surface area (Å²) < 4.78 is 10.9. The number of anilines is 1. The Morgan fingerprint density at radius 2 is 1.83 bits per heavy atom. The van der Waals surface area contributed by atoms with Gasteiger partial charge in [-0.3, -0.25) is 9.59 Å². The van der Waals surface area contributed by atoms with E-state index in [0.29, 0.717) is 5.69 Å². The van der Waals surface area contributed by atoms with Gasteiger partial charge in [-0.15, -0.1) is 0 Å². The maximum Gasteiger partial charge on any atom is 0.310 e. The molecule has 0 aromatic heterocycles. The summed E-state index contributed by atoms with van der Waals surface area (Å²) in [5.41, 5.74) is 2.51. The molecule has 0 bridgehead atoms. The minimum Gasteiger partial charge on any atom is -0.497 e. The number of methoxy groups -OCH3 is 1. The molecule has 2 rings (SSSR count). The van der Waals surface area contributed by atoms with E-state index >= 15 is 0 Å². The van der Waals surface area contributed by atoms with Crippen LogP contribution >= 0.6 is 15.9 Å². The molecule has 0 aliphatic rings. The molecular formula is C18H18BrNO4. The molecule has 6 heteroatoms. The Hall–Kier alpha value is -2.34. The van der Waals surface area contributed by atoms with Crippen LogP contribution in [0.25, 0.3) is 0 Å². The van der Waals surface area contributed by atoms with Gasteiger partial charge in [0.1, 0.15) is 5.75 Å². The first kappa shape index (κ1) is 18.0. The standard InChI is InChI=1S/C18H18BrNO4/c1-12-3-6-14(10-16(12)19)20-17(21)11-24-18(22)9-13-4-7-15(23-2)8-5-13/h3-8,10H,9,11H2,1-2H3,(H,20,21). The van der Waals surface area contributed by atoms with Crippen molar-refractivity contribution in [3.05, 3.63) is 58.1 Å².